The molecule has 2 bridgehead atoms. The molecule has 0 saturated carbocycles. The third-order valence-electron chi connectivity index (χ3n) is 7.25. The third kappa shape index (κ3) is 2.29. The summed E-state index contributed by atoms with van der Waals surface area (Å²) in [5.74, 6) is -0.625. The molecule has 2 N–H and O–H groups in total. The average molecular weight is 415 g/mol. The number of ether oxygens (including phenoxy) is 3. The largest absolute Gasteiger partial charge is 0.504 e. The number of hydrogen-bond donors (Lipinski definition) is 2. The van der Waals surface area contributed by atoms with Crippen LogP contribution in [-0.2, 0) is 30.9 Å². The van der Waals surface area contributed by atoms with Crippen molar-refractivity contribution in [1.29, 1.82) is 0 Å². The molecule has 1 aromatic carbocycles. The van der Waals surface area contributed by atoms with E-state index in [9.17, 15) is 19.8 Å². The highest BCUT2D eigenvalue weighted by molar-refractivity contribution is 5.79. The van der Waals surface area contributed by atoms with Gasteiger partial charge in [-0.05, 0) is 51.1 Å². The van der Waals surface area contributed by atoms with E-state index in [0.717, 1.165) is 17.7 Å². The molecule has 2 aliphatic heterocycles. The summed E-state index contributed by atoms with van der Waals surface area (Å²) in [6.07, 6.45) is 1.43. The van der Waals surface area contributed by atoms with Gasteiger partial charge in [0.25, 0.3) is 0 Å². The Morgan fingerprint density at radius 1 is 1.37 bits per heavy atom. The first-order valence-electron chi connectivity index (χ1n) is 10.2. The van der Waals surface area contributed by atoms with Gasteiger partial charge in [-0.1, -0.05) is 6.07 Å². The molecule has 1 spiro atoms. The number of esters is 2. The lowest BCUT2D eigenvalue weighted by Gasteiger charge is -2.61. The van der Waals surface area contributed by atoms with Gasteiger partial charge in [0.15, 0.2) is 23.7 Å². The molecule has 5 atom stereocenters. The molecule has 1 saturated heterocycles. The Morgan fingerprint density at radius 3 is 2.87 bits per heavy atom. The molecule has 8 nitrogen and oxygen atoms in total. The summed E-state index contributed by atoms with van der Waals surface area (Å²) in [7, 11) is 2.01. The fraction of sp³-hybridized carbons (Fsp3) is 0.545. The fourth-order valence-corrected chi connectivity index (χ4v) is 5.93. The Balaban J connectivity index is 1.60. The van der Waals surface area contributed by atoms with Crippen molar-refractivity contribution in [1.82, 2.24) is 4.90 Å². The molecule has 0 amide bonds. The number of benzene rings is 1. The molecule has 0 aromatic heterocycles. The van der Waals surface area contributed by atoms with Crippen LogP contribution in [0.2, 0.25) is 0 Å². The molecule has 160 valence electrons. The van der Waals surface area contributed by atoms with Crippen molar-refractivity contribution in [2.75, 3.05) is 13.6 Å². The van der Waals surface area contributed by atoms with Crippen LogP contribution in [0.1, 0.15) is 37.8 Å². The second-order valence-corrected chi connectivity index (χ2v) is 8.78. The zero-order chi connectivity index (χ0) is 21.4. The van der Waals surface area contributed by atoms with Crippen LogP contribution in [0.5, 0.6) is 11.5 Å². The van der Waals surface area contributed by atoms with Gasteiger partial charge in [-0.3, -0.25) is 4.79 Å². The number of likely N-dealkylation sites (tertiary alicyclic amines) is 1. The molecular weight excluding hydrogens is 390 g/mol. The van der Waals surface area contributed by atoms with Crippen LogP contribution >= 0.6 is 0 Å². The van der Waals surface area contributed by atoms with Crippen molar-refractivity contribution < 1.29 is 34.0 Å². The summed E-state index contributed by atoms with van der Waals surface area (Å²) in [4.78, 5) is 25.9. The zero-order valence-corrected chi connectivity index (χ0v) is 17.2. The molecular formula is C22H25NO7. The summed E-state index contributed by atoms with van der Waals surface area (Å²) in [6, 6.07) is 3.38. The molecule has 1 aromatic rings. The standard InChI is InChI=1S/C22H25NO7/c1-11(28-12(2)24)20(26)29-15-6-7-22(27)16-10-13-4-5-14(25)18-17(13)21(22,19(15)30-18)8-9-23(16)3/h4-6,11,16,19,25,27H,7-10H2,1-3H3/t11?,16-,19+,21+,22-/m1/s1. The first-order chi connectivity index (χ1) is 14.2. The number of carbonyl (C=O) groups is 2. The van der Waals surface area contributed by atoms with Crippen molar-refractivity contribution >= 4 is 11.9 Å². The number of phenols is 1. The monoisotopic (exact) mass is 415 g/mol. The number of aliphatic hydroxyl groups is 1. The smallest absolute Gasteiger partial charge is 0.352 e. The summed E-state index contributed by atoms with van der Waals surface area (Å²) < 4.78 is 16.8. The summed E-state index contributed by atoms with van der Waals surface area (Å²) in [5.41, 5.74) is -0.0731. The van der Waals surface area contributed by atoms with Crippen LogP contribution < -0.4 is 4.74 Å². The molecule has 30 heavy (non-hydrogen) atoms. The Hall–Kier alpha value is -2.58. The van der Waals surface area contributed by atoms with Crippen molar-refractivity contribution in [2.45, 2.75) is 62.4 Å². The fourth-order valence-electron chi connectivity index (χ4n) is 5.93. The minimum Gasteiger partial charge on any atom is -0.504 e. The first-order valence-corrected chi connectivity index (χ1v) is 10.2. The SMILES string of the molecule is CC(=O)OC(C)C(=O)OC1=CC[C@@]2(O)[C@H]3Cc4ccc(O)c5c4[C@@]2(CCN3C)[C@H]1O5. The van der Waals surface area contributed by atoms with Gasteiger partial charge in [-0.25, -0.2) is 4.79 Å². The Bertz CT molecular complexity index is 988. The molecule has 2 heterocycles. The molecule has 1 unspecified atom stereocenters. The summed E-state index contributed by atoms with van der Waals surface area (Å²) >= 11 is 0. The second-order valence-electron chi connectivity index (χ2n) is 8.78. The number of phenolic OH excluding ortho intramolecular Hbond substituents is 1. The Labute approximate surface area is 174 Å². The summed E-state index contributed by atoms with van der Waals surface area (Å²) in [6.45, 7) is 3.42. The van der Waals surface area contributed by atoms with E-state index >= 15 is 0 Å². The van der Waals surface area contributed by atoms with Crippen molar-refractivity contribution in [2.24, 2.45) is 0 Å². The highest BCUT2D eigenvalue weighted by atomic mass is 16.6. The number of piperidine rings is 1. The van der Waals surface area contributed by atoms with Gasteiger partial charge in [0.1, 0.15) is 5.76 Å². The number of rotatable bonds is 3. The molecule has 4 aliphatic rings. The maximum atomic E-state index is 12.5. The maximum absolute atomic E-state index is 12.5. The Kier molecular flexibility index (Phi) is 4.02. The van der Waals surface area contributed by atoms with E-state index in [1.165, 1.54) is 13.8 Å². The molecule has 2 aliphatic carbocycles. The van der Waals surface area contributed by atoms with Crippen LogP contribution in [0, 0.1) is 0 Å². The molecule has 8 heteroatoms. The lowest BCUT2D eigenvalue weighted by Crippen LogP contribution is -2.74. The predicted molar refractivity (Wildman–Crippen MR) is 104 cm³/mol. The quantitative estimate of drug-likeness (QED) is 0.709. The Morgan fingerprint density at radius 2 is 2.13 bits per heavy atom. The summed E-state index contributed by atoms with van der Waals surface area (Å²) in [5, 5.41) is 22.5. The van der Waals surface area contributed by atoms with Gasteiger partial charge in [0.2, 0.25) is 0 Å². The minimum atomic E-state index is -1.12. The van der Waals surface area contributed by atoms with Gasteiger partial charge in [0.05, 0.1) is 11.0 Å². The van der Waals surface area contributed by atoms with Crippen LogP contribution in [-0.4, -0.2) is 64.5 Å². The number of nitrogens with zero attached hydrogens (tertiary/aromatic N) is 1. The van der Waals surface area contributed by atoms with Crippen molar-refractivity contribution in [3.05, 3.63) is 35.1 Å². The van der Waals surface area contributed by atoms with Crippen LogP contribution in [0.3, 0.4) is 0 Å². The number of likely N-dealkylation sites (N-methyl/N-ethyl adjacent to an activating group) is 1. The lowest BCUT2D eigenvalue weighted by atomic mass is 9.50. The molecule has 1 fully saturated rings. The normalized spacial score (nSPS) is 34.3. The minimum absolute atomic E-state index is 0.0104. The molecule has 5 rings (SSSR count). The van der Waals surface area contributed by atoms with Gasteiger partial charge in [0, 0.05) is 24.9 Å². The lowest BCUT2D eigenvalue weighted by molar-refractivity contribution is -0.175. The van der Waals surface area contributed by atoms with Crippen LogP contribution in [0.4, 0.5) is 0 Å². The van der Waals surface area contributed by atoms with Gasteiger partial charge >= 0.3 is 11.9 Å². The van der Waals surface area contributed by atoms with Crippen LogP contribution in [0.15, 0.2) is 24.0 Å². The highest BCUT2D eigenvalue weighted by Crippen LogP contribution is 2.65. The van der Waals surface area contributed by atoms with E-state index in [-0.39, 0.29) is 17.6 Å². The first kappa shape index (κ1) is 19.4. The van der Waals surface area contributed by atoms with E-state index in [2.05, 4.69) is 4.90 Å². The van der Waals surface area contributed by atoms with E-state index in [1.54, 1.807) is 12.1 Å². The van der Waals surface area contributed by atoms with E-state index < -0.39 is 35.2 Å². The van der Waals surface area contributed by atoms with E-state index in [0.29, 0.717) is 25.0 Å². The highest BCUT2D eigenvalue weighted by Gasteiger charge is 2.72. The maximum Gasteiger partial charge on any atom is 0.352 e. The van der Waals surface area contributed by atoms with Gasteiger partial charge < -0.3 is 29.3 Å². The third-order valence-corrected chi connectivity index (χ3v) is 7.25. The van der Waals surface area contributed by atoms with Gasteiger partial charge in [-0.2, -0.15) is 0 Å². The van der Waals surface area contributed by atoms with Crippen molar-refractivity contribution in [3.8, 4) is 11.5 Å². The molecule has 0 radical (unpaired) electrons. The number of carbonyl (C=O) groups excluding carboxylic acids is 2. The second kappa shape index (κ2) is 6.21. The van der Waals surface area contributed by atoms with Crippen LogP contribution in [0.25, 0.3) is 0 Å². The zero-order valence-electron chi connectivity index (χ0n) is 17.2. The van der Waals surface area contributed by atoms with Gasteiger partial charge in [-0.15, -0.1) is 0 Å². The number of hydrogen-bond acceptors (Lipinski definition) is 8. The average Bonchev–Trinajstić information content (AvgIpc) is 3.04. The van der Waals surface area contributed by atoms with E-state index in [4.69, 9.17) is 14.2 Å². The van der Waals surface area contributed by atoms with E-state index in [1.807, 2.05) is 13.1 Å². The topological polar surface area (TPSA) is 106 Å². The van der Waals surface area contributed by atoms with Crippen molar-refractivity contribution in [3.63, 3.8) is 0 Å². The predicted octanol–water partition coefficient (Wildman–Crippen LogP) is 1.16. The number of aromatic hydroxyl groups is 1.